The zero-order chi connectivity index (χ0) is 28.0. The Labute approximate surface area is 231 Å². The van der Waals surface area contributed by atoms with Gasteiger partial charge in [-0.15, -0.1) is 5.10 Å². The summed E-state index contributed by atoms with van der Waals surface area (Å²) < 4.78 is 42.0. The van der Waals surface area contributed by atoms with Crippen molar-refractivity contribution in [3.05, 3.63) is 120 Å². The average Bonchev–Trinajstić information content (AvgIpc) is 3.47. The molecule has 0 radical (unpaired) electrons. The summed E-state index contributed by atoms with van der Waals surface area (Å²) in [5.41, 5.74) is 3.89. The summed E-state index contributed by atoms with van der Waals surface area (Å²) in [7, 11) is -3.81. The van der Waals surface area contributed by atoms with Crippen molar-refractivity contribution >= 4 is 15.7 Å². The molecule has 3 N–H and O–H groups in total. The molecule has 2 aromatic heterocycles. The largest absolute Gasteiger partial charge is 0.387 e. The summed E-state index contributed by atoms with van der Waals surface area (Å²) in [6.45, 7) is 1.07. The van der Waals surface area contributed by atoms with E-state index in [1.54, 1.807) is 54.9 Å². The van der Waals surface area contributed by atoms with Gasteiger partial charge in [-0.25, -0.2) is 12.8 Å². The molecule has 204 valence electrons. The minimum Gasteiger partial charge on any atom is -0.387 e. The van der Waals surface area contributed by atoms with Gasteiger partial charge in [0, 0.05) is 35.8 Å². The molecule has 11 heteroatoms. The second-order valence-corrected chi connectivity index (χ2v) is 10.8. The Bertz CT molecular complexity index is 1660. The highest BCUT2D eigenvalue weighted by molar-refractivity contribution is 7.92. The Morgan fingerprint density at radius 2 is 1.75 bits per heavy atom. The van der Waals surface area contributed by atoms with Crippen molar-refractivity contribution in [1.82, 2.24) is 25.3 Å². The number of halogens is 1. The van der Waals surface area contributed by atoms with Crippen molar-refractivity contribution in [3.63, 3.8) is 0 Å². The Morgan fingerprint density at radius 1 is 0.950 bits per heavy atom. The molecule has 9 nitrogen and oxygen atoms in total. The molecule has 0 amide bonds. The van der Waals surface area contributed by atoms with Gasteiger partial charge in [-0.3, -0.25) is 9.71 Å². The highest BCUT2D eigenvalue weighted by Gasteiger charge is 2.15. The Kier molecular flexibility index (Phi) is 8.25. The van der Waals surface area contributed by atoms with Crippen LogP contribution < -0.4 is 10.0 Å². The first-order valence-corrected chi connectivity index (χ1v) is 14.0. The van der Waals surface area contributed by atoms with E-state index in [2.05, 4.69) is 25.2 Å². The summed E-state index contributed by atoms with van der Waals surface area (Å²) >= 11 is 0. The summed E-state index contributed by atoms with van der Waals surface area (Å²) in [6, 6.07) is 23.0. The quantitative estimate of drug-likeness (QED) is 0.208. The molecule has 0 spiro atoms. The number of hydrogen-bond acceptors (Lipinski definition) is 7. The van der Waals surface area contributed by atoms with Crippen molar-refractivity contribution in [2.24, 2.45) is 0 Å². The molecule has 1 atom stereocenters. The van der Waals surface area contributed by atoms with E-state index >= 15 is 0 Å². The molecule has 0 saturated heterocycles. The molecule has 0 aliphatic heterocycles. The lowest BCUT2D eigenvalue weighted by Gasteiger charge is -2.12. The van der Waals surface area contributed by atoms with E-state index in [-0.39, 0.29) is 10.7 Å². The number of pyridine rings is 1. The van der Waals surface area contributed by atoms with Gasteiger partial charge >= 0.3 is 0 Å². The van der Waals surface area contributed by atoms with Crippen molar-refractivity contribution < 1.29 is 17.9 Å². The van der Waals surface area contributed by atoms with Crippen LogP contribution in [0.1, 0.15) is 17.2 Å². The van der Waals surface area contributed by atoms with Gasteiger partial charge in [0.1, 0.15) is 11.5 Å². The molecular weight excluding hydrogens is 531 g/mol. The standard InChI is InChI=1S/C29H27FN6O3S/c30-24-5-1-3-22(17-24)28-19-33-36(34-28)26-10-12-27(13-11-26)40(38,39)35-25-8-6-21(7-9-25)14-16-32-20-29(37)23-4-2-15-31-18-23/h1-13,15,17-19,29,32,35,37H,14,16,20H2/t29-/m0/s1. The molecule has 40 heavy (non-hydrogen) atoms. The SMILES string of the molecule is O=S(=O)(Nc1ccc(CCNC[C@H](O)c2cccnc2)cc1)c1ccc(-n2ncc(-c3cccc(F)c3)n2)cc1. The molecule has 5 aromatic rings. The molecule has 0 fully saturated rings. The number of anilines is 1. The van der Waals surface area contributed by atoms with Crippen LogP contribution in [-0.2, 0) is 16.4 Å². The van der Waals surface area contributed by atoms with Gasteiger partial charge in [-0.1, -0.05) is 30.3 Å². The molecule has 3 aromatic carbocycles. The molecule has 0 bridgehead atoms. The predicted molar refractivity (Wildman–Crippen MR) is 150 cm³/mol. The third-order valence-corrected chi connectivity index (χ3v) is 7.59. The first kappa shape index (κ1) is 27.1. The van der Waals surface area contributed by atoms with Crippen molar-refractivity contribution in [2.45, 2.75) is 17.4 Å². The van der Waals surface area contributed by atoms with Crippen LogP contribution in [0.5, 0.6) is 0 Å². The molecule has 0 aliphatic rings. The molecule has 0 unspecified atom stereocenters. The van der Waals surface area contributed by atoms with Gasteiger partial charge in [0.2, 0.25) is 0 Å². The highest BCUT2D eigenvalue weighted by Crippen LogP contribution is 2.21. The van der Waals surface area contributed by atoms with Gasteiger partial charge in [-0.05, 0) is 73.1 Å². The van der Waals surface area contributed by atoms with Crippen molar-refractivity contribution in [3.8, 4) is 16.9 Å². The van der Waals surface area contributed by atoms with E-state index in [0.29, 0.717) is 35.7 Å². The van der Waals surface area contributed by atoms with Gasteiger partial charge in [-0.2, -0.15) is 9.90 Å². The number of rotatable bonds is 11. The van der Waals surface area contributed by atoms with Crippen LogP contribution >= 0.6 is 0 Å². The number of nitrogens with zero attached hydrogens (tertiary/aromatic N) is 4. The van der Waals surface area contributed by atoms with Crippen molar-refractivity contribution in [1.29, 1.82) is 0 Å². The van der Waals surface area contributed by atoms with E-state index in [1.165, 1.54) is 35.3 Å². The van der Waals surface area contributed by atoms with E-state index in [0.717, 1.165) is 17.5 Å². The fourth-order valence-corrected chi connectivity index (χ4v) is 5.10. The Balaban J connectivity index is 1.15. The minimum atomic E-state index is -3.81. The first-order valence-electron chi connectivity index (χ1n) is 12.6. The topological polar surface area (TPSA) is 122 Å². The van der Waals surface area contributed by atoms with Gasteiger partial charge in [0.05, 0.1) is 22.9 Å². The number of aliphatic hydroxyl groups excluding tert-OH is 1. The number of nitrogens with one attached hydrogen (secondary N) is 2. The highest BCUT2D eigenvalue weighted by atomic mass is 32.2. The Hall–Kier alpha value is -4.45. The maximum Gasteiger partial charge on any atom is 0.261 e. The van der Waals surface area contributed by atoms with Crippen molar-refractivity contribution in [2.75, 3.05) is 17.8 Å². The maximum atomic E-state index is 13.5. The fourth-order valence-electron chi connectivity index (χ4n) is 4.04. The number of hydrogen-bond donors (Lipinski definition) is 3. The van der Waals surface area contributed by atoms with Gasteiger partial charge in [0.25, 0.3) is 10.0 Å². The third kappa shape index (κ3) is 6.75. The molecular formula is C29H27FN6O3S. The second kappa shape index (κ2) is 12.2. The number of sulfonamides is 1. The number of aromatic nitrogens is 4. The van der Waals surface area contributed by atoms with Crippen LogP contribution in [0.2, 0.25) is 0 Å². The lowest BCUT2D eigenvalue weighted by atomic mass is 10.1. The zero-order valence-electron chi connectivity index (χ0n) is 21.4. The van der Waals surface area contributed by atoms with Gasteiger partial charge < -0.3 is 10.4 Å². The lowest BCUT2D eigenvalue weighted by Crippen LogP contribution is -2.23. The molecule has 5 rings (SSSR count). The monoisotopic (exact) mass is 558 g/mol. The van der Waals surface area contributed by atoms with Crippen LogP contribution in [0.4, 0.5) is 10.1 Å². The number of aliphatic hydroxyl groups is 1. The summed E-state index contributed by atoms with van der Waals surface area (Å²) in [5.74, 6) is -0.367. The number of benzene rings is 3. The summed E-state index contributed by atoms with van der Waals surface area (Å²) in [4.78, 5) is 5.46. The van der Waals surface area contributed by atoms with Crippen LogP contribution in [0.25, 0.3) is 16.9 Å². The zero-order valence-corrected chi connectivity index (χ0v) is 22.2. The third-order valence-electron chi connectivity index (χ3n) is 6.19. The summed E-state index contributed by atoms with van der Waals surface area (Å²) in [6.07, 6.45) is 4.91. The smallest absolute Gasteiger partial charge is 0.261 e. The van der Waals surface area contributed by atoms with Crippen LogP contribution in [-0.4, -0.2) is 46.6 Å². The summed E-state index contributed by atoms with van der Waals surface area (Å²) in [5, 5.41) is 22.0. The van der Waals surface area contributed by atoms with Crippen LogP contribution in [0, 0.1) is 5.82 Å². The minimum absolute atomic E-state index is 0.0919. The lowest BCUT2D eigenvalue weighted by molar-refractivity contribution is 0.174. The molecule has 2 heterocycles. The maximum absolute atomic E-state index is 13.5. The predicted octanol–water partition coefficient (Wildman–Crippen LogP) is 4.13. The molecule has 0 saturated carbocycles. The fraction of sp³-hybridized carbons (Fsp3) is 0.138. The Morgan fingerprint density at radius 3 is 2.48 bits per heavy atom. The van der Waals surface area contributed by atoms with Gasteiger partial charge in [0.15, 0.2) is 0 Å². The average molecular weight is 559 g/mol. The van der Waals surface area contributed by atoms with E-state index in [1.807, 2.05) is 18.2 Å². The van der Waals surface area contributed by atoms with Crippen LogP contribution in [0.3, 0.4) is 0 Å². The van der Waals surface area contributed by atoms with E-state index in [9.17, 15) is 17.9 Å². The molecule has 0 aliphatic carbocycles. The van der Waals surface area contributed by atoms with Crippen LogP contribution in [0.15, 0.2) is 108 Å². The van der Waals surface area contributed by atoms with E-state index < -0.39 is 16.1 Å². The van der Waals surface area contributed by atoms with E-state index in [4.69, 9.17) is 0 Å². The second-order valence-electron chi connectivity index (χ2n) is 9.08. The normalized spacial score (nSPS) is 12.2. The first-order chi connectivity index (χ1) is 19.4.